The van der Waals surface area contributed by atoms with Crippen LogP contribution in [0.15, 0.2) is 0 Å². The van der Waals surface area contributed by atoms with Crippen LogP contribution in [0.5, 0.6) is 0 Å². The fourth-order valence-corrected chi connectivity index (χ4v) is 0. The zero-order valence-corrected chi connectivity index (χ0v) is 9.13. The molecule has 0 atom stereocenters. The van der Waals surface area contributed by atoms with Gasteiger partial charge in [-0.15, -0.1) is 0 Å². The van der Waals surface area contributed by atoms with Gasteiger partial charge in [-0.3, -0.25) is 0 Å². The van der Waals surface area contributed by atoms with Gasteiger partial charge < -0.3 is 0 Å². The van der Waals surface area contributed by atoms with Crippen LogP contribution in [0.1, 0.15) is 0 Å². The molecule has 0 nitrogen and oxygen atoms in total. The molecular weight excluding hydrogens is 310 g/mol. The molecule has 0 spiro atoms. The van der Waals surface area contributed by atoms with Crippen molar-refractivity contribution in [2.75, 3.05) is 0 Å². The number of rotatable bonds is 0. The van der Waals surface area contributed by atoms with Crippen molar-refractivity contribution in [1.82, 2.24) is 0 Å². The lowest BCUT2D eigenvalue weighted by Crippen LogP contribution is -1.55. The maximum atomic E-state index is 4.81. The number of halogens is 5. The van der Waals surface area contributed by atoms with Gasteiger partial charge in [0.15, 0.2) is 4.30 Å². The molecule has 0 aromatic carbocycles. The molecule has 0 radical (unpaired) electrons. The van der Waals surface area contributed by atoms with Gasteiger partial charge in [-0.1, -0.05) is 34.8 Å². The molecule has 0 amide bonds. The van der Waals surface area contributed by atoms with E-state index in [-0.39, 0.29) is 0 Å². The Morgan fingerprint density at radius 3 is 1.14 bits per heavy atom. The van der Waals surface area contributed by atoms with E-state index in [4.69, 9.17) is 34.8 Å². The summed E-state index contributed by atoms with van der Waals surface area (Å²) in [6.45, 7) is 0. The summed E-state index contributed by atoms with van der Waals surface area (Å²) >= 11 is 20.4. The van der Waals surface area contributed by atoms with Gasteiger partial charge >= 0.3 is 0 Å². The fourth-order valence-electron chi connectivity index (χ4n) is 0. The third-order valence-corrected chi connectivity index (χ3v) is 0. The first-order chi connectivity index (χ1) is 3.15. The minimum Gasteiger partial charge on any atom is -0.0874 e. The Morgan fingerprint density at radius 2 is 1.14 bits per heavy atom. The van der Waals surface area contributed by atoms with Crippen LogP contribution in [0.25, 0.3) is 0 Å². The van der Waals surface area contributed by atoms with Crippen LogP contribution >= 0.6 is 73.1 Å². The maximum absolute atomic E-state index is 4.81. The molecule has 0 aliphatic rings. The van der Waals surface area contributed by atoms with Gasteiger partial charge in [0.1, 0.15) is 0 Å². The van der Waals surface area contributed by atoms with Gasteiger partial charge in [-0.05, 0) is 8.63 Å². The Hall–Kier alpha value is 2.18. The van der Waals surface area contributed by atoms with E-state index in [1.54, 1.807) is 0 Å². The van der Waals surface area contributed by atoms with Crippen LogP contribution in [-0.2, 0) is 0 Å². The van der Waals surface area contributed by atoms with E-state index in [1.165, 1.54) is 8.63 Å². The zero-order chi connectivity index (χ0) is 6.28. The van der Waals surface area contributed by atoms with Gasteiger partial charge in [-0.2, -0.15) is 0 Å². The molecule has 0 aliphatic carbocycles. The lowest BCUT2D eigenvalue weighted by atomic mass is 11.9. The van der Waals surface area contributed by atoms with E-state index < -0.39 is 4.30 Å². The molecule has 0 rings (SSSR count). The second-order valence-electron chi connectivity index (χ2n) is 0.306. The standard InChI is InChI=1S/CHCl3.Br2S/c2-1(3)4;1-3-2/h1H;. The fraction of sp³-hybridized carbons (Fsp3) is 1.00. The van der Waals surface area contributed by atoms with E-state index in [1.807, 2.05) is 0 Å². The molecule has 0 aromatic rings. The van der Waals surface area contributed by atoms with Crippen LogP contribution in [0.2, 0.25) is 0 Å². The van der Waals surface area contributed by atoms with Crippen molar-refractivity contribution in [2.24, 2.45) is 0 Å². The van der Waals surface area contributed by atoms with E-state index in [0.717, 1.165) is 0 Å². The van der Waals surface area contributed by atoms with E-state index in [2.05, 4.69) is 29.6 Å². The molecule has 0 saturated heterocycles. The quantitative estimate of drug-likeness (QED) is 0.600. The molecule has 0 unspecified atom stereocenters. The van der Waals surface area contributed by atoms with Gasteiger partial charge in [0.2, 0.25) is 0 Å². The van der Waals surface area contributed by atoms with Crippen molar-refractivity contribution >= 4 is 73.1 Å². The van der Waals surface area contributed by atoms with Crippen molar-refractivity contribution in [1.29, 1.82) is 0 Å². The first kappa shape index (κ1) is 11.9. The molecule has 0 saturated carbocycles. The molecule has 0 fully saturated rings. The molecule has 0 aromatic heterocycles. The lowest BCUT2D eigenvalue weighted by Gasteiger charge is -1.69. The van der Waals surface area contributed by atoms with Crippen molar-refractivity contribution in [3.63, 3.8) is 0 Å². The molecule has 7 heavy (non-hydrogen) atoms. The molecule has 0 heterocycles. The normalized spacial score (nSPS) is 7.71. The van der Waals surface area contributed by atoms with Crippen molar-refractivity contribution in [3.05, 3.63) is 0 Å². The Labute approximate surface area is 76.7 Å². The van der Waals surface area contributed by atoms with Crippen LogP contribution in [0, 0.1) is 0 Å². The summed E-state index contributed by atoms with van der Waals surface area (Å²) in [5.74, 6) is 0. The molecule has 46 valence electrons. The lowest BCUT2D eigenvalue weighted by molar-refractivity contribution is 1.96. The highest BCUT2D eigenvalue weighted by molar-refractivity contribution is 9.82. The predicted octanol–water partition coefficient (Wildman–Crippen LogP) is 4.33. The van der Waals surface area contributed by atoms with Crippen molar-refractivity contribution < 1.29 is 0 Å². The minimum absolute atomic E-state index is 0.750. The van der Waals surface area contributed by atoms with Crippen molar-refractivity contribution in [3.8, 4) is 0 Å². The summed E-state index contributed by atoms with van der Waals surface area (Å²) in [5.41, 5.74) is 0. The maximum Gasteiger partial charge on any atom is 0.180 e. The molecule has 0 aliphatic heterocycles. The van der Waals surface area contributed by atoms with Crippen LogP contribution in [0.3, 0.4) is 0 Å². The number of hydrogen-bond donors (Lipinski definition) is 0. The zero-order valence-electron chi connectivity index (χ0n) is 2.88. The average molecular weight is 311 g/mol. The summed E-state index contributed by atoms with van der Waals surface area (Å²) in [5, 5.41) is 0. The van der Waals surface area contributed by atoms with E-state index in [9.17, 15) is 0 Å². The SMILES string of the molecule is BrSBr.ClC(Cl)Cl. The predicted molar refractivity (Wildman–Crippen MR) is 46.8 cm³/mol. The van der Waals surface area contributed by atoms with E-state index >= 15 is 0 Å². The summed E-state index contributed by atoms with van der Waals surface area (Å²) in [6, 6.07) is 0. The highest BCUT2D eigenvalue weighted by Gasteiger charge is 1.78. The van der Waals surface area contributed by atoms with Gasteiger partial charge in [0.05, 0.1) is 0 Å². The van der Waals surface area contributed by atoms with Crippen LogP contribution in [0.4, 0.5) is 0 Å². The number of hydrogen-bond acceptors (Lipinski definition) is 1. The van der Waals surface area contributed by atoms with E-state index in [0.29, 0.717) is 0 Å². The highest BCUT2D eigenvalue weighted by Crippen LogP contribution is 2.17. The molecule has 6 heteroatoms. The first-order valence-corrected chi connectivity index (χ1v) is 6.77. The molecular formula is CHBr2Cl3S. The summed E-state index contributed by atoms with van der Waals surface area (Å²) in [6.07, 6.45) is 0. The molecule has 0 bridgehead atoms. The Bertz CT molecular complexity index is 24.1. The van der Waals surface area contributed by atoms with Crippen LogP contribution in [-0.4, -0.2) is 4.30 Å². The Kier molecular flexibility index (Phi) is 18.8. The average Bonchev–Trinajstić information content (AvgIpc) is 1.33. The minimum atomic E-state index is -0.750. The number of alkyl halides is 3. The molecule has 0 N–H and O–H groups in total. The monoisotopic (exact) mass is 308 g/mol. The van der Waals surface area contributed by atoms with Crippen molar-refractivity contribution in [2.45, 2.75) is 4.30 Å². The Balaban J connectivity index is 0. The van der Waals surface area contributed by atoms with Gasteiger partial charge in [0, 0.05) is 29.6 Å². The summed E-state index contributed by atoms with van der Waals surface area (Å²) in [4.78, 5) is 0. The summed E-state index contributed by atoms with van der Waals surface area (Å²) in [7, 11) is 1.38. The van der Waals surface area contributed by atoms with Gasteiger partial charge in [0.25, 0.3) is 0 Å². The third-order valence-electron chi connectivity index (χ3n) is 0. The smallest absolute Gasteiger partial charge is 0.0874 e. The second-order valence-corrected chi connectivity index (χ2v) is 6.95. The topological polar surface area (TPSA) is 0 Å². The summed E-state index contributed by atoms with van der Waals surface area (Å²) < 4.78 is -0.750. The second kappa shape index (κ2) is 11.0. The third kappa shape index (κ3) is 65.7. The Morgan fingerprint density at radius 1 is 1.14 bits per heavy atom. The van der Waals surface area contributed by atoms with Crippen LogP contribution < -0.4 is 0 Å². The van der Waals surface area contributed by atoms with Gasteiger partial charge in [-0.25, -0.2) is 0 Å². The first-order valence-electron chi connectivity index (χ1n) is 0.963. The highest BCUT2D eigenvalue weighted by atomic mass is 79.9. The largest absolute Gasteiger partial charge is 0.180 e.